The minimum Gasteiger partial charge on any atom is -0.504 e. The van der Waals surface area contributed by atoms with Gasteiger partial charge in [-0.2, -0.15) is 0 Å². The van der Waals surface area contributed by atoms with Crippen LogP contribution in [0.5, 0.6) is 23.0 Å². The molecule has 9 rings (SSSR count). The van der Waals surface area contributed by atoms with E-state index in [1.807, 2.05) is 19.1 Å². The highest BCUT2D eigenvalue weighted by molar-refractivity contribution is 7.79. The number of esters is 2. The highest BCUT2D eigenvalue weighted by atomic mass is 35.5. The Bertz CT molecular complexity index is 3770. The molecular formula is C72H77Cl2N2O17PS2. The average Bonchev–Trinajstić information content (AvgIpc) is 1.59. The third-order valence-electron chi connectivity index (χ3n) is 13.6. The zero-order chi connectivity index (χ0) is 70.1. The lowest BCUT2D eigenvalue weighted by Gasteiger charge is -2.18. The van der Waals surface area contributed by atoms with Crippen LogP contribution in [0.4, 0.5) is 9.59 Å². The number of phenolic OH excluding ortho intramolecular Hbond substituents is 1. The summed E-state index contributed by atoms with van der Waals surface area (Å²) >= 11 is 14.2. The number of hydrogen-bond acceptors (Lipinski definition) is 19. The molecule has 0 bridgehead atoms. The van der Waals surface area contributed by atoms with Gasteiger partial charge in [0.05, 0.1) is 56.6 Å². The van der Waals surface area contributed by atoms with Crippen LogP contribution in [0.1, 0.15) is 71.0 Å². The molecule has 9 aromatic rings. The van der Waals surface area contributed by atoms with E-state index < -0.39 is 43.9 Å². The van der Waals surface area contributed by atoms with Crippen LogP contribution >= 0.6 is 53.8 Å². The zero-order valence-corrected chi connectivity index (χ0v) is 58.3. The van der Waals surface area contributed by atoms with Gasteiger partial charge in [-0.1, -0.05) is 176 Å². The van der Waals surface area contributed by atoms with Gasteiger partial charge < -0.3 is 53.6 Å². The quantitative estimate of drug-likeness (QED) is 0.0152. The minimum absolute atomic E-state index is 0.00511. The molecule has 0 aliphatic carbocycles. The largest absolute Gasteiger partial charge is 0.504 e. The number of Topliss-reactive ketones (excluding diaryl/α,β-unsaturated/α-hetero) is 2. The molecule has 3 atom stereocenters. The van der Waals surface area contributed by atoms with Gasteiger partial charge in [0.25, 0.3) is 0 Å². The number of fused-ring (bicyclic) bond motifs is 2. The van der Waals surface area contributed by atoms with Crippen LogP contribution in [-0.2, 0) is 41.8 Å². The molecule has 0 saturated carbocycles. The molecular weight excluding hydrogens is 1330 g/mol. The summed E-state index contributed by atoms with van der Waals surface area (Å²) in [7, 11) is 5.20. The van der Waals surface area contributed by atoms with E-state index in [9.17, 15) is 33.9 Å². The Kier molecular flexibility index (Phi) is 33.6. The number of azo groups is 1. The number of nitrogens with zero attached hydrogens (tertiary/aromatic N) is 2. The van der Waals surface area contributed by atoms with Crippen LogP contribution < -0.4 is 30.1 Å². The number of aliphatic hydroxyl groups excluding tert-OH is 3. The predicted molar refractivity (Wildman–Crippen MR) is 377 cm³/mol. The molecule has 2 amide bonds. The molecule has 0 aliphatic rings. The van der Waals surface area contributed by atoms with E-state index in [0.717, 1.165) is 31.3 Å². The Labute approximate surface area is 576 Å². The number of ketones is 2. The number of hydrogen-bond donors (Lipinski definition) is 4. The van der Waals surface area contributed by atoms with E-state index in [1.54, 1.807) is 101 Å². The number of amides is 2. The van der Waals surface area contributed by atoms with Crippen molar-refractivity contribution in [2.24, 2.45) is 33.9 Å². The summed E-state index contributed by atoms with van der Waals surface area (Å²) in [5.41, 5.74) is 1.46. The van der Waals surface area contributed by atoms with E-state index in [4.69, 9.17) is 62.2 Å². The Morgan fingerprint density at radius 2 is 0.854 bits per heavy atom. The molecule has 2 heterocycles. The molecule has 0 spiro atoms. The van der Waals surface area contributed by atoms with Crippen LogP contribution in [0.15, 0.2) is 186 Å². The van der Waals surface area contributed by atoms with Gasteiger partial charge in [0.2, 0.25) is 0 Å². The molecule has 7 aromatic carbocycles. The summed E-state index contributed by atoms with van der Waals surface area (Å²) in [4.78, 5) is 71.4. The van der Waals surface area contributed by atoms with Gasteiger partial charge >= 0.3 is 24.1 Å². The van der Waals surface area contributed by atoms with Crippen molar-refractivity contribution in [3.8, 4) is 23.0 Å². The lowest BCUT2D eigenvalue weighted by molar-refractivity contribution is -0.145. The summed E-state index contributed by atoms with van der Waals surface area (Å²) in [6.45, 7) is 7.55. The fourth-order valence-corrected chi connectivity index (χ4v) is 12.9. The topological polar surface area (TPSA) is 273 Å². The lowest BCUT2D eigenvalue weighted by atomic mass is 10.0. The van der Waals surface area contributed by atoms with Crippen molar-refractivity contribution >= 4 is 126 Å². The number of aliphatic hydroxyl groups is 3. The molecule has 2 aromatic heterocycles. The number of ether oxygens (including phenoxy) is 7. The smallest absolute Gasteiger partial charge is 0.452 e. The number of aromatic hydroxyl groups is 1. The average molecular weight is 1410 g/mol. The van der Waals surface area contributed by atoms with Crippen molar-refractivity contribution in [1.82, 2.24) is 0 Å². The standard InChI is InChI=1S/C19H24O6S.C18H15P.C16H12Cl2N2O4.C15H16O5S.C4H10O2/c1-11(9-20)10-25-16-6-13-7-18(26-17(13)8-15(16)23-3)14(21)5-12(2)19(22)24-4;1-4-10-16(11-5-1)19(17-12-6-2-7-13-17)18-14-8-3-9-15-18;17-13-5-1-11(2-6-13)9-23-15(21)19-20-16(22)24-10-12-3-7-14(18)8-4-12;1-8(15(18)20-3)4-11(17)14-6-9-5-10(16)12(19-2)7-13(9)21-14;1-4(2-5)3-6/h6-8,11-12,20H,5,9-10H2,1-4H3;1-15H;1-8H,9-10H2;5-8,16H,4H2,1-3H3;4-6H,2-3H2,1H3/t11?,12-;;;8-;/m0..0./s1. The summed E-state index contributed by atoms with van der Waals surface area (Å²) < 4.78 is 36.9. The number of phenols is 1. The highest BCUT2D eigenvalue weighted by Crippen LogP contribution is 2.39. The van der Waals surface area contributed by atoms with Gasteiger partial charge in [-0.05, 0) is 94.3 Å². The molecule has 0 fully saturated rings. The second-order valence-corrected chi connectivity index (χ2v) is 26.7. The van der Waals surface area contributed by atoms with Gasteiger partial charge in [-0.3, -0.25) is 19.2 Å². The first-order valence-electron chi connectivity index (χ1n) is 29.9. The number of carbonyl (C=O) groups is 6. The maximum absolute atomic E-state index is 12.5. The maximum Gasteiger partial charge on any atom is 0.452 e. The van der Waals surface area contributed by atoms with Crippen LogP contribution in [0.2, 0.25) is 10.0 Å². The Hall–Kier alpha value is -8.63. The molecule has 0 aliphatic heterocycles. The fourth-order valence-electron chi connectivity index (χ4n) is 8.25. The summed E-state index contributed by atoms with van der Waals surface area (Å²) in [5, 5.41) is 48.5. The molecule has 24 heteroatoms. The molecule has 508 valence electrons. The second kappa shape index (κ2) is 41.4. The normalized spacial score (nSPS) is 11.6. The lowest BCUT2D eigenvalue weighted by Crippen LogP contribution is -2.20. The first-order chi connectivity index (χ1) is 46.1. The van der Waals surface area contributed by atoms with Crippen molar-refractivity contribution in [2.45, 2.75) is 53.8 Å². The maximum atomic E-state index is 12.5. The van der Waals surface area contributed by atoms with Gasteiger partial charge in [0.1, 0.15) is 13.2 Å². The number of rotatable bonds is 23. The Balaban J connectivity index is 0.000000226. The predicted octanol–water partition coefficient (Wildman–Crippen LogP) is 14.8. The molecule has 4 N–H and O–H groups in total. The van der Waals surface area contributed by atoms with E-state index in [1.165, 1.54) is 59.9 Å². The van der Waals surface area contributed by atoms with E-state index in [2.05, 4.69) is 111 Å². The van der Waals surface area contributed by atoms with Gasteiger partial charge in [-0.25, -0.2) is 9.59 Å². The van der Waals surface area contributed by atoms with Crippen molar-refractivity contribution in [2.75, 3.05) is 54.9 Å². The monoisotopic (exact) mass is 1410 g/mol. The molecule has 19 nitrogen and oxygen atoms in total. The molecule has 0 radical (unpaired) electrons. The number of carbonyl (C=O) groups excluding carboxylic acids is 6. The number of methoxy groups -OCH3 is 4. The SMILES string of the molecule is CC(CO)CO.COC(=O)[C@@H](C)CC(=O)c1cc2cc(O)c(OC)cc2s1.COC(=O)[C@@H](C)CC(=O)c1cc2cc(OCC(C)CO)c(OC)cc2s1.O=C(N=NC(=O)OCc1ccc(Cl)cc1)OCc1ccc(Cl)cc1.c1ccc(P(c2ccccc2)c2ccccc2)cc1. The van der Waals surface area contributed by atoms with Gasteiger partial charge in [0, 0.05) is 76.1 Å². The van der Waals surface area contributed by atoms with Crippen molar-refractivity contribution in [3.05, 3.63) is 207 Å². The second-order valence-electron chi connectivity index (χ2n) is 21.4. The number of halogens is 2. The van der Waals surface area contributed by atoms with Gasteiger partial charge in [-0.15, -0.1) is 22.7 Å². The molecule has 96 heavy (non-hydrogen) atoms. The summed E-state index contributed by atoms with van der Waals surface area (Å²) in [5.74, 6) is -0.366. The Morgan fingerprint density at radius 3 is 1.21 bits per heavy atom. The van der Waals surface area contributed by atoms with Crippen LogP contribution in [0.3, 0.4) is 0 Å². The van der Waals surface area contributed by atoms with E-state index in [-0.39, 0.29) is 75.0 Å². The Morgan fingerprint density at radius 1 is 0.479 bits per heavy atom. The van der Waals surface area contributed by atoms with E-state index >= 15 is 0 Å². The summed E-state index contributed by atoms with van der Waals surface area (Å²) in [6, 6.07) is 56.2. The van der Waals surface area contributed by atoms with Crippen molar-refractivity contribution in [3.63, 3.8) is 0 Å². The summed E-state index contributed by atoms with van der Waals surface area (Å²) in [6.07, 6.45) is -1.78. The zero-order valence-electron chi connectivity index (χ0n) is 54.2. The van der Waals surface area contributed by atoms with Crippen LogP contribution in [0.25, 0.3) is 20.2 Å². The first-order valence-corrected chi connectivity index (χ1v) is 33.7. The number of thiophene rings is 2. The minimum atomic E-state index is -0.992. The van der Waals surface area contributed by atoms with E-state index in [0.29, 0.717) is 43.7 Å². The van der Waals surface area contributed by atoms with Gasteiger partial charge in [0.15, 0.2) is 34.6 Å². The first kappa shape index (κ1) is 78.1. The van der Waals surface area contributed by atoms with Crippen LogP contribution in [-0.4, -0.2) is 111 Å². The molecule has 0 saturated heterocycles. The van der Waals surface area contributed by atoms with Crippen molar-refractivity contribution < 1.29 is 82.4 Å². The van der Waals surface area contributed by atoms with Crippen molar-refractivity contribution in [1.29, 1.82) is 0 Å². The third kappa shape index (κ3) is 25.8. The molecule has 1 unspecified atom stereocenters. The fraction of sp³-hybridized carbons (Fsp3) is 0.278. The highest BCUT2D eigenvalue weighted by Gasteiger charge is 2.23. The number of benzene rings is 7. The van der Waals surface area contributed by atoms with Crippen LogP contribution in [0, 0.1) is 23.7 Å². The third-order valence-corrected chi connectivity index (χ3v) is 18.9.